The number of halogens is 3. The van der Waals surface area contributed by atoms with E-state index in [9.17, 15) is 0 Å². The van der Waals surface area contributed by atoms with Crippen LogP contribution in [0.15, 0.2) is 42.5 Å². The Morgan fingerprint density at radius 3 is 2.35 bits per heavy atom. The standard InChI is InChI=1S/C23H25ClN4O.2ClH/c1-29-19-11-12-21-20(14-19)23(16-5-9-18(28-25)10-6-16)27-22(26-21)13-4-15-2-7-17(24)8-3-15;;/h2-4,7-8,11-14,16,18,28H,5-6,9-10,25H2,1H3;2*1H. The van der Waals surface area contributed by atoms with E-state index in [1.807, 2.05) is 54.6 Å². The second kappa shape index (κ2) is 11.7. The number of nitrogens with one attached hydrogen (secondary N) is 1. The topological polar surface area (TPSA) is 73.1 Å². The molecule has 31 heavy (non-hydrogen) atoms. The molecular weight excluding hydrogens is 455 g/mol. The fourth-order valence-corrected chi connectivity index (χ4v) is 4.07. The molecule has 0 saturated heterocycles. The Bertz CT molecular complexity index is 1020. The maximum absolute atomic E-state index is 5.98. The molecular formula is C23H27Cl3N4O. The third-order valence-electron chi connectivity index (χ3n) is 5.59. The lowest BCUT2D eigenvalue weighted by atomic mass is 9.83. The average Bonchev–Trinajstić information content (AvgIpc) is 2.78. The highest BCUT2D eigenvalue weighted by Gasteiger charge is 2.25. The number of ether oxygens (including phenoxy) is 1. The maximum Gasteiger partial charge on any atom is 0.152 e. The van der Waals surface area contributed by atoms with Crippen molar-refractivity contribution >= 4 is 59.5 Å². The highest BCUT2D eigenvalue weighted by Crippen LogP contribution is 2.36. The number of hydrazine groups is 1. The summed E-state index contributed by atoms with van der Waals surface area (Å²) in [5.41, 5.74) is 6.00. The van der Waals surface area contributed by atoms with Crippen molar-refractivity contribution in [2.75, 3.05) is 7.11 Å². The quantitative estimate of drug-likeness (QED) is 0.356. The third kappa shape index (κ3) is 6.09. The van der Waals surface area contributed by atoms with Crippen molar-refractivity contribution in [3.63, 3.8) is 0 Å². The zero-order valence-electron chi connectivity index (χ0n) is 17.3. The molecule has 1 aliphatic carbocycles. The second-order valence-corrected chi connectivity index (χ2v) is 7.89. The molecule has 0 radical (unpaired) electrons. The summed E-state index contributed by atoms with van der Waals surface area (Å²) in [6.45, 7) is 0. The van der Waals surface area contributed by atoms with Crippen molar-refractivity contribution in [2.24, 2.45) is 5.84 Å². The number of hydrogen-bond acceptors (Lipinski definition) is 5. The molecule has 1 fully saturated rings. The van der Waals surface area contributed by atoms with Gasteiger partial charge in [-0.3, -0.25) is 11.3 Å². The summed E-state index contributed by atoms with van der Waals surface area (Å²) in [6.07, 6.45) is 8.18. The SMILES string of the molecule is COc1ccc2nc(C=Cc3ccc(Cl)cc3)nc(C3CCC(NN)CC3)c2c1.Cl.Cl. The van der Waals surface area contributed by atoms with Crippen molar-refractivity contribution < 1.29 is 4.74 Å². The van der Waals surface area contributed by atoms with Gasteiger partial charge >= 0.3 is 0 Å². The molecule has 5 nitrogen and oxygen atoms in total. The number of fused-ring (bicyclic) bond motifs is 1. The summed E-state index contributed by atoms with van der Waals surface area (Å²) in [5, 5.41) is 1.79. The zero-order chi connectivity index (χ0) is 20.2. The molecule has 0 spiro atoms. The minimum atomic E-state index is 0. The predicted molar refractivity (Wildman–Crippen MR) is 133 cm³/mol. The Labute approximate surface area is 200 Å². The molecule has 3 N–H and O–H groups in total. The number of rotatable bonds is 5. The van der Waals surface area contributed by atoms with E-state index in [0.717, 1.165) is 58.6 Å². The Balaban J connectivity index is 0.00000171. The summed E-state index contributed by atoms with van der Waals surface area (Å²) < 4.78 is 5.44. The van der Waals surface area contributed by atoms with Gasteiger partial charge in [-0.05, 0) is 67.7 Å². The van der Waals surface area contributed by atoms with Gasteiger partial charge in [0.2, 0.25) is 0 Å². The van der Waals surface area contributed by atoms with E-state index >= 15 is 0 Å². The Morgan fingerprint density at radius 2 is 1.71 bits per heavy atom. The van der Waals surface area contributed by atoms with Gasteiger partial charge in [-0.1, -0.05) is 29.8 Å². The van der Waals surface area contributed by atoms with Gasteiger partial charge in [0.1, 0.15) is 5.75 Å². The van der Waals surface area contributed by atoms with Crippen LogP contribution in [0.3, 0.4) is 0 Å². The van der Waals surface area contributed by atoms with Crippen LogP contribution in [-0.4, -0.2) is 23.1 Å². The molecule has 4 rings (SSSR count). The van der Waals surface area contributed by atoms with E-state index in [2.05, 4.69) is 5.43 Å². The largest absolute Gasteiger partial charge is 0.497 e. The van der Waals surface area contributed by atoms with Crippen LogP contribution in [0.2, 0.25) is 5.02 Å². The van der Waals surface area contributed by atoms with Gasteiger partial charge in [0.05, 0.1) is 18.3 Å². The first-order valence-electron chi connectivity index (χ1n) is 9.91. The van der Waals surface area contributed by atoms with Crippen molar-refractivity contribution in [3.05, 3.63) is 64.6 Å². The number of benzene rings is 2. The summed E-state index contributed by atoms with van der Waals surface area (Å²) in [4.78, 5) is 9.71. The summed E-state index contributed by atoms with van der Waals surface area (Å²) in [7, 11) is 1.68. The monoisotopic (exact) mass is 480 g/mol. The zero-order valence-corrected chi connectivity index (χ0v) is 19.6. The van der Waals surface area contributed by atoms with Crippen LogP contribution < -0.4 is 16.0 Å². The lowest BCUT2D eigenvalue weighted by Crippen LogP contribution is -2.37. The molecule has 2 aromatic carbocycles. The van der Waals surface area contributed by atoms with Crippen LogP contribution in [0.1, 0.15) is 48.7 Å². The number of methoxy groups -OCH3 is 1. The summed E-state index contributed by atoms with van der Waals surface area (Å²) in [5.74, 6) is 7.56. The van der Waals surface area contributed by atoms with Crippen molar-refractivity contribution in [2.45, 2.75) is 37.6 Å². The van der Waals surface area contributed by atoms with E-state index in [1.165, 1.54) is 0 Å². The first-order chi connectivity index (χ1) is 14.2. The minimum Gasteiger partial charge on any atom is -0.497 e. The van der Waals surface area contributed by atoms with Crippen LogP contribution in [0.4, 0.5) is 0 Å². The van der Waals surface area contributed by atoms with Gasteiger partial charge in [-0.15, -0.1) is 24.8 Å². The normalized spacial score (nSPS) is 18.4. The maximum atomic E-state index is 5.98. The van der Waals surface area contributed by atoms with E-state index in [-0.39, 0.29) is 24.8 Å². The van der Waals surface area contributed by atoms with Crippen molar-refractivity contribution in [1.82, 2.24) is 15.4 Å². The number of hydrogen-bond donors (Lipinski definition) is 2. The van der Waals surface area contributed by atoms with Gasteiger partial charge in [-0.25, -0.2) is 9.97 Å². The molecule has 0 atom stereocenters. The van der Waals surface area contributed by atoms with E-state index < -0.39 is 0 Å². The molecule has 1 saturated carbocycles. The highest BCUT2D eigenvalue weighted by atomic mass is 35.5. The third-order valence-corrected chi connectivity index (χ3v) is 5.85. The molecule has 166 valence electrons. The number of nitrogens with two attached hydrogens (primary N) is 1. The van der Waals surface area contributed by atoms with Gasteiger partial charge in [-0.2, -0.15) is 0 Å². The molecule has 0 amide bonds. The van der Waals surface area contributed by atoms with Crippen LogP contribution in [0, 0.1) is 0 Å². The molecule has 1 heterocycles. The fraction of sp³-hybridized carbons (Fsp3) is 0.304. The molecule has 0 aliphatic heterocycles. The second-order valence-electron chi connectivity index (χ2n) is 7.45. The number of aromatic nitrogens is 2. The van der Waals surface area contributed by atoms with E-state index in [1.54, 1.807) is 7.11 Å². The first kappa shape index (κ1) is 25.4. The lowest BCUT2D eigenvalue weighted by molar-refractivity contribution is 0.344. The summed E-state index contributed by atoms with van der Waals surface area (Å²) >= 11 is 5.98. The molecule has 1 aliphatic rings. The van der Waals surface area contributed by atoms with Crippen molar-refractivity contribution in [3.8, 4) is 5.75 Å². The van der Waals surface area contributed by atoms with Gasteiger partial charge in [0.15, 0.2) is 5.82 Å². The molecule has 0 bridgehead atoms. The van der Waals surface area contributed by atoms with Crippen LogP contribution in [0.5, 0.6) is 5.75 Å². The Morgan fingerprint density at radius 1 is 1.00 bits per heavy atom. The van der Waals surface area contributed by atoms with Gasteiger partial charge in [0.25, 0.3) is 0 Å². The van der Waals surface area contributed by atoms with Crippen LogP contribution in [0.25, 0.3) is 23.1 Å². The van der Waals surface area contributed by atoms with Gasteiger partial charge < -0.3 is 4.74 Å². The van der Waals surface area contributed by atoms with E-state index in [4.69, 9.17) is 32.1 Å². The minimum absolute atomic E-state index is 0. The smallest absolute Gasteiger partial charge is 0.152 e. The molecule has 0 unspecified atom stereocenters. The predicted octanol–water partition coefficient (Wildman–Crippen LogP) is 5.80. The average molecular weight is 482 g/mol. The van der Waals surface area contributed by atoms with Crippen LogP contribution >= 0.6 is 36.4 Å². The number of nitrogens with zero attached hydrogens (tertiary/aromatic N) is 2. The lowest BCUT2D eigenvalue weighted by Gasteiger charge is -2.28. The fourth-order valence-electron chi connectivity index (χ4n) is 3.94. The van der Waals surface area contributed by atoms with Gasteiger partial charge in [0, 0.05) is 22.4 Å². The Hall–Kier alpha value is -1.89. The molecule has 8 heteroatoms. The van der Waals surface area contributed by atoms with Crippen molar-refractivity contribution in [1.29, 1.82) is 0 Å². The van der Waals surface area contributed by atoms with E-state index in [0.29, 0.717) is 17.8 Å². The van der Waals surface area contributed by atoms with Crippen LogP contribution in [-0.2, 0) is 0 Å². The summed E-state index contributed by atoms with van der Waals surface area (Å²) in [6, 6.07) is 14.1. The highest BCUT2D eigenvalue weighted by molar-refractivity contribution is 6.30. The Kier molecular flexibility index (Phi) is 9.54. The molecule has 1 aromatic heterocycles. The first-order valence-corrected chi connectivity index (χ1v) is 10.3. The molecule has 3 aromatic rings.